The first-order valence-corrected chi connectivity index (χ1v) is 12.2. The van der Waals surface area contributed by atoms with Crippen molar-refractivity contribution in [1.82, 2.24) is 4.72 Å². The Morgan fingerprint density at radius 1 is 1.09 bits per heavy atom. The van der Waals surface area contributed by atoms with Gasteiger partial charge in [0.15, 0.2) is 6.61 Å². The number of amides is 1. The standard InChI is InChI=1S/C21H26N2O7S2/c1-4-29-21(26)16-12-17(14(2)3)31-20(16)23-18(24)13-30-19(25)10-11-22-32(27,28)15-8-6-5-7-9-15/h5-9,12,14,22H,4,10-11,13H2,1-3H3,(H,23,24). The Morgan fingerprint density at radius 3 is 2.41 bits per heavy atom. The van der Waals surface area contributed by atoms with Crippen LogP contribution in [0.5, 0.6) is 0 Å². The number of thiophene rings is 1. The normalized spacial score (nSPS) is 11.2. The Balaban J connectivity index is 1.85. The second kappa shape index (κ2) is 11.7. The zero-order valence-corrected chi connectivity index (χ0v) is 19.7. The Hall–Kier alpha value is -2.76. The molecule has 0 bridgehead atoms. The van der Waals surface area contributed by atoms with Gasteiger partial charge >= 0.3 is 11.9 Å². The number of anilines is 1. The molecule has 1 aromatic carbocycles. The summed E-state index contributed by atoms with van der Waals surface area (Å²) in [4.78, 5) is 37.2. The topological polar surface area (TPSA) is 128 Å². The number of nitrogens with one attached hydrogen (secondary N) is 2. The largest absolute Gasteiger partial charge is 0.462 e. The van der Waals surface area contributed by atoms with Crippen LogP contribution in [0.1, 0.15) is 48.3 Å². The Bertz CT molecular complexity index is 1050. The number of hydrogen-bond acceptors (Lipinski definition) is 8. The van der Waals surface area contributed by atoms with Gasteiger partial charge in [-0.3, -0.25) is 9.59 Å². The number of sulfonamides is 1. The van der Waals surface area contributed by atoms with E-state index in [9.17, 15) is 22.8 Å². The SMILES string of the molecule is CCOC(=O)c1cc(C(C)C)sc1NC(=O)COC(=O)CCNS(=O)(=O)c1ccccc1. The zero-order chi connectivity index (χ0) is 23.7. The van der Waals surface area contributed by atoms with Crippen molar-refractivity contribution < 1.29 is 32.3 Å². The molecule has 9 nitrogen and oxygen atoms in total. The Morgan fingerprint density at radius 2 is 1.78 bits per heavy atom. The molecular formula is C21H26N2O7S2. The van der Waals surface area contributed by atoms with E-state index in [-0.39, 0.29) is 35.9 Å². The number of carbonyl (C=O) groups is 3. The van der Waals surface area contributed by atoms with Gasteiger partial charge in [-0.05, 0) is 31.0 Å². The highest BCUT2D eigenvalue weighted by Crippen LogP contribution is 2.33. The lowest BCUT2D eigenvalue weighted by Crippen LogP contribution is -2.28. The number of rotatable bonds is 11. The van der Waals surface area contributed by atoms with Gasteiger partial charge < -0.3 is 14.8 Å². The molecule has 0 atom stereocenters. The highest BCUT2D eigenvalue weighted by atomic mass is 32.2. The summed E-state index contributed by atoms with van der Waals surface area (Å²) >= 11 is 1.25. The van der Waals surface area contributed by atoms with Gasteiger partial charge in [-0.1, -0.05) is 32.0 Å². The molecule has 0 radical (unpaired) electrons. The van der Waals surface area contributed by atoms with Gasteiger partial charge in [0.1, 0.15) is 5.00 Å². The van der Waals surface area contributed by atoms with E-state index in [0.29, 0.717) is 5.00 Å². The van der Waals surface area contributed by atoms with Crippen LogP contribution in [0, 0.1) is 0 Å². The smallest absolute Gasteiger partial charge is 0.341 e. The minimum absolute atomic E-state index is 0.0851. The molecule has 0 fully saturated rings. The fraction of sp³-hybridized carbons (Fsp3) is 0.381. The van der Waals surface area contributed by atoms with Crippen molar-refractivity contribution in [2.45, 2.75) is 38.0 Å². The van der Waals surface area contributed by atoms with E-state index in [1.54, 1.807) is 31.2 Å². The predicted molar refractivity (Wildman–Crippen MR) is 120 cm³/mol. The maximum atomic E-state index is 12.2. The molecule has 0 saturated heterocycles. The molecule has 2 aromatic rings. The summed E-state index contributed by atoms with van der Waals surface area (Å²) in [6.45, 7) is 5.06. The van der Waals surface area contributed by atoms with E-state index in [2.05, 4.69) is 10.0 Å². The molecule has 0 unspecified atom stereocenters. The van der Waals surface area contributed by atoms with Gasteiger partial charge in [0.2, 0.25) is 10.0 Å². The van der Waals surface area contributed by atoms with Crippen LogP contribution in [0.4, 0.5) is 5.00 Å². The fourth-order valence-electron chi connectivity index (χ4n) is 2.50. The monoisotopic (exact) mass is 482 g/mol. The van der Waals surface area contributed by atoms with E-state index in [0.717, 1.165) is 4.88 Å². The average molecular weight is 483 g/mol. The molecule has 0 saturated carbocycles. The van der Waals surface area contributed by atoms with Gasteiger partial charge in [-0.25, -0.2) is 17.9 Å². The third-order valence-electron chi connectivity index (χ3n) is 4.11. The number of hydrogen-bond donors (Lipinski definition) is 2. The van der Waals surface area contributed by atoms with Crippen LogP contribution in [0.25, 0.3) is 0 Å². The lowest BCUT2D eigenvalue weighted by Gasteiger charge is -2.08. The van der Waals surface area contributed by atoms with Crippen molar-refractivity contribution in [3.63, 3.8) is 0 Å². The Labute approximate surface area is 191 Å². The average Bonchev–Trinajstić information content (AvgIpc) is 3.17. The van der Waals surface area contributed by atoms with Gasteiger partial charge in [-0.15, -0.1) is 11.3 Å². The van der Waals surface area contributed by atoms with Gasteiger partial charge in [0.05, 0.1) is 23.5 Å². The molecular weight excluding hydrogens is 456 g/mol. The van der Waals surface area contributed by atoms with Crippen LogP contribution in [0.15, 0.2) is 41.3 Å². The molecule has 1 heterocycles. The van der Waals surface area contributed by atoms with E-state index in [4.69, 9.17) is 9.47 Å². The first kappa shape index (κ1) is 25.5. The van der Waals surface area contributed by atoms with Gasteiger partial charge in [-0.2, -0.15) is 0 Å². The van der Waals surface area contributed by atoms with Crippen LogP contribution in [-0.4, -0.2) is 46.0 Å². The number of esters is 2. The quantitative estimate of drug-likeness (QED) is 0.471. The van der Waals surface area contributed by atoms with Crippen molar-refractivity contribution in [3.8, 4) is 0 Å². The van der Waals surface area contributed by atoms with E-state index < -0.39 is 34.5 Å². The Kier molecular flexibility index (Phi) is 9.36. The molecule has 0 aliphatic rings. The molecule has 174 valence electrons. The van der Waals surface area contributed by atoms with E-state index in [1.165, 1.54) is 23.5 Å². The molecule has 1 aromatic heterocycles. The van der Waals surface area contributed by atoms with Crippen LogP contribution in [0.2, 0.25) is 0 Å². The second-order valence-corrected chi connectivity index (χ2v) is 9.79. The summed E-state index contributed by atoms with van der Waals surface area (Å²) in [7, 11) is -3.73. The van der Waals surface area contributed by atoms with E-state index in [1.807, 2.05) is 13.8 Å². The van der Waals surface area contributed by atoms with Gasteiger partial charge in [0, 0.05) is 11.4 Å². The van der Waals surface area contributed by atoms with Crippen molar-refractivity contribution in [2.24, 2.45) is 0 Å². The van der Waals surface area contributed by atoms with Crippen LogP contribution in [0.3, 0.4) is 0 Å². The molecule has 2 rings (SSSR count). The first-order chi connectivity index (χ1) is 15.1. The summed E-state index contributed by atoms with van der Waals surface area (Å²) in [6.07, 6.45) is -0.246. The third-order valence-corrected chi connectivity index (χ3v) is 6.94. The van der Waals surface area contributed by atoms with Crippen molar-refractivity contribution in [1.29, 1.82) is 0 Å². The summed E-state index contributed by atoms with van der Waals surface area (Å²) in [6, 6.07) is 9.42. The molecule has 32 heavy (non-hydrogen) atoms. The number of benzene rings is 1. The molecule has 0 aliphatic carbocycles. The minimum Gasteiger partial charge on any atom is -0.462 e. The predicted octanol–water partition coefficient (Wildman–Crippen LogP) is 2.90. The van der Waals surface area contributed by atoms with Crippen molar-refractivity contribution >= 4 is 44.2 Å². The molecule has 0 spiro atoms. The fourth-order valence-corrected chi connectivity index (χ4v) is 4.62. The third kappa shape index (κ3) is 7.43. The second-order valence-electron chi connectivity index (χ2n) is 6.94. The first-order valence-electron chi connectivity index (χ1n) is 9.95. The van der Waals surface area contributed by atoms with Gasteiger partial charge in [0.25, 0.3) is 5.91 Å². The molecule has 0 aliphatic heterocycles. The summed E-state index contributed by atoms with van der Waals surface area (Å²) in [5.41, 5.74) is 0.246. The van der Waals surface area contributed by atoms with Crippen LogP contribution < -0.4 is 10.0 Å². The zero-order valence-electron chi connectivity index (χ0n) is 18.0. The molecule has 11 heteroatoms. The minimum atomic E-state index is -3.73. The van der Waals surface area contributed by atoms with E-state index >= 15 is 0 Å². The molecule has 2 N–H and O–H groups in total. The maximum Gasteiger partial charge on any atom is 0.341 e. The maximum absolute atomic E-state index is 12.2. The van der Waals surface area contributed by atoms with Crippen LogP contribution >= 0.6 is 11.3 Å². The van der Waals surface area contributed by atoms with Crippen LogP contribution in [-0.2, 0) is 29.1 Å². The summed E-state index contributed by atoms with van der Waals surface area (Å²) in [5, 5.41) is 2.90. The lowest BCUT2D eigenvalue weighted by molar-refractivity contribution is -0.147. The highest BCUT2D eigenvalue weighted by molar-refractivity contribution is 7.89. The van der Waals surface area contributed by atoms with Crippen molar-refractivity contribution in [3.05, 3.63) is 46.8 Å². The summed E-state index contributed by atoms with van der Waals surface area (Å²) in [5.74, 6) is -1.76. The number of ether oxygens (including phenoxy) is 2. The lowest BCUT2D eigenvalue weighted by atomic mass is 10.1. The number of carbonyl (C=O) groups excluding carboxylic acids is 3. The molecule has 1 amide bonds. The van der Waals surface area contributed by atoms with Crippen molar-refractivity contribution in [2.75, 3.05) is 25.1 Å². The highest BCUT2D eigenvalue weighted by Gasteiger charge is 2.21. The summed E-state index contributed by atoms with van der Waals surface area (Å²) < 4.78 is 36.4.